The number of unbranched alkanes of at least 4 members (excludes halogenated alkanes) is 5. The number of hydrogen-bond acceptors (Lipinski definition) is 11. The molecule has 0 unspecified atom stereocenters. The van der Waals surface area contributed by atoms with E-state index in [2.05, 4.69) is 25.7 Å². The Morgan fingerprint density at radius 2 is 1.61 bits per heavy atom. The maximum Gasteiger partial charge on any atom is 0.321 e. The lowest BCUT2D eigenvalue weighted by atomic mass is 9.84. The summed E-state index contributed by atoms with van der Waals surface area (Å²) < 4.78 is 16.2. The van der Waals surface area contributed by atoms with Crippen LogP contribution in [0.25, 0.3) is 0 Å². The summed E-state index contributed by atoms with van der Waals surface area (Å²) in [6, 6.07) is 0. The first kappa shape index (κ1) is 40.3. The van der Waals surface area contributed by atoms with E-state index in [1.54, 1.807) is 6.08 Å². The first-order valence-electron chi connectivity index (χ1n) is 19.9. The number of methoxy groups -OCH3 is 2. The van der Waals surface area contributed by atoms with E-state index in [1.165, 1.54) is 33.5 Å². The molecule has 56 heavy (non-hydrogen) atoms. The minimum absolute atomic E-state index is 0.0640. The lowest BCUT2D eigenvalue weighted by Crippen LogP contribution is -2.25. The van der Waals surface area contributed by atoms with Crippen molar-refractivity contribution in [2.45, 2.75) is 98.8 Å². The summed E-state index contributed by atoms with van der Waals surface area (Å²) >= 11 is 0. The highest BCUT2D eigenvalue weighted by atomic mass is 16.5. The number of carbonyl (C=O) groups is 3. The minimum atomic E-state index is -1.11. The molecular weight excluding hydrogens is 709 g/mol. The molecule has 5 heterocycles. The number of aliphatic imine (C=N–C) groups is 3. The molecule has 0 spiro atoms. The number of nitrogens with one attached hydrogen (secondary N) is 1. The molecule has 1 aliphatic carbocycles. The van der Waals surface area contributed by atoms with E-state index >= 15 is 0 Å². The van der Waals surface area contributed by atoms with E-state index < -0.39 is 11.9 Å². The molecular formula is C45H54N4O7. The van der Waals surface area contributed by atoms with Gasteiger partial charge in [-0.3, -0.25) is 14.4 Å². The fourth-order valence-electron chi connectivity index (χ4n) is 8.46. The second-order valence-corrected chi connectivity index (χ2v) is 15.0. The quantitative estimate of drug-likeness (QED) is 0.0959. The number of aliphatic hydroxyl groups is 1. The van der Waals surface area contributed by atoms with Crippen molar-refractivity contribution in [3.63, 3.8) is 0 Å². The van der Waals surface area contributed by atoms with E-state index in [0.29, 0.717) is 70.2 Å². The summed E-state index contributed by atoms with van der Waals surface area (Å²) in [7, 11) is 2.67. The fraction of sp³-hybridized carbons (Fsp3) is 0.467. The molecule has 296 valence electrons. The Morgan fingerprint density at radius 3 is 2.30 bits per heavy atom. The van der Waals surface area contributed by atoms with Crippen molar-refractivity contribution in [1.29, 1.82) is 0 Å². The highest BCUT2D eigenvalue weighted by Gasteiger charge is 2.49. The van der Waals surface area contributed by atoms with Crippen LogP contribution >= 0.6 is 0 Å². The Kier molecular flexibility index (Phi) is 12.4. The second kappa shape index (κ2) is 17.2. The Hall–Kier alpha value is -5.32. The Bertz CT molecular complexity index is 2090. The zero-order valence-electron chi connectivity index (χ0n) is 33.8. The number of hydrogen-bond donors (Lipinski definition) is 2. The van der Waals surface area contributed by atoms with Crippen LogP contribution < -0.4 is 5.32 Å². The number of allylic oxidation sites excluding steroid dienone is 10. The van der Waals surface area contributed by atoms with Crippen LogP contribution in [-0.2, 0) is 28.6 Å². The number of carbonyl (C=O) groups excluding carboxylic acids is 3. The van der Waals surface area contributed by atoms with E-state index in [-0.39, 0.29) is 42.6 Å². The van der Waals surface area contributed by atoms with Crippen LogP contribution in [-0.4, -0.2) is 61.0 Å². The van der Waals surface area contributed by atoms with Gasteiger partial charge in [0.25, 0.3) is 0 Å². The van der Waals surface area contributed by atoms with E-state index in [0.717, 1.165) is 53.0 Å². The molecule has 5 aliphatic heterocycles. The number of rotatable bonds is 15. The molecule has 0 aromatic carbocycles. The van der Waals surface area contributed by atoms with Crippen LogP contribution in [0, 0.1) is 17.8 Å². The molecule has 0 aromatic heterocycles. The van der Waals surface area contributed by atoms with E-state index in [9.17, 15) is 19.5 Å². The Balaban J connectivity index is 1.50. The summed E-state index contributed by atoms with van der Waals surface area (Å²) in [5.41, 5.74) is 10.5. The average Bonchev–Trinajstić information content (AvgIpc) is 3.94. The van der Waals surface area contributed by atoms with Crippen molar-refractivity contribution in [3.05, 3.63) is 104 Å². The topological polar surface area (TPSA) is 148 Å². The van der Waals surface area contributed by atoms with Crippen molar-refractivity contribution in [1.82, 2.24) is 5.32 Å². The third kappa shape index (κ3) is 7.60. The molecule has 1 saturated heterocycles. The van der Waals surface area contributed by atoms with Gasteiger partial charge in [0.15, 0.2) is 0 Å². The maximum atomic E-state index is 13.5. The van der Waals surface area contributed by atoms with Gasteiger partial charge in [0.05, 0.1) is 48.4 Å². The number of fused-ring (bicyclic) bond motifs is 5. The van der Waals surface area contributed by atoms with Crippen LogP contribution in [0.1, 0.15) is 98.8 Å². The SMILES string of the molecule is C=CC1=C(C)C2=NC1=CC1=NC(=CC3=C(C)C4=C(O)[C@H](C(=O)OC)C(=C5NC(=C2)[C@@H](C)[C@@H]5CCC(=O)OC)C4=N3)C(CC)=C1COC(=O)CCCCCCCC. The molecule has 11 heteroatoms. The maximum absolute atomic E-state index is 13.5. The number of aliphatic hydroxyl groups excluding tert-OH is 1. The summed E-state index contributed by atoms with van der Waals surface area (Å²) in [5.74, 6) is -2.82. The van der Waals surface area contributed by atoms with Gasteiger partial charge in [-0.05, 0) is 68.1 Å². The van der Waals surface area contributed by atoms with E-state index in [1.807, 2.05) is 39.0 Å². The average molecular weight is 763 g/mol. The van der Waals surface area contributed by atoms with Crippen molar-refractivity contribution in [2.75, 3.05) is 20.8 Å². The van der Waals surface area contributed by atoms with Crippen molar-refractivity contribution < 1.29 is 33.7 Å². The standard InChI is InChI=1S/C45H54N4O7/c1-9-12-13-14-15-16-17-38(51)56-23-30-28(11-3)35-21-33-26(6)39-43(49-33)40(41(44(39)52)45(53)55-8)42-29(18-19-37(50)54-7)25(5)32(48-42)20-31-24(4)27(10-2)34(46-31)22-36(30)47-35/h10,20-22,25,29,41,48,52H,2,9,11-19,23H2,1,3-8H3/t25-,29-,41+/m0/s1. The molecule has 0 aromatic rings. The molecule has 0 amide bonds. The van der Waals surface area contributed by atoms with Crippen molar-refractivity contribution >= 4 is 35.0 Å². The smallest absolute Gasteiger partial charge is 0.321 e. The van der Waals surface area contributed by atoms with Gasteiger partial charge in [-0.15, -0.1) is 0 Å². The molecule has 8 bridgehead atoms. The molecule has 3 atom stereocenters. The van der Waals surface area contributed by atoms with Gasteiger partial charge >= 0.3 is 17.9 Å². The molecule has 6 rings (SSSR count). The summed E-state index contributed by atoms with van der Waals surface area (Å²) in [6.45, 7) is 14.3. The number of ether oxygens (including phenoxy) is 3. The van der Waals surface area contributed by atoms with Crippen LogP contribution in [0.15, 0.2) is 119 Å². The molecule has 0 radical (unpaired) electrons. The number of esters is 3. The van der Waals surface area contributed by atoms with Crippen LogP contribution in [0.3, 0.4) is 0 Å². The van der Waals surface area contributed by atoms with Crippen LogP contribution in [0.2, 0.25) is 0 Å². The first-order valence-corrected chi connectivity index (χ1v) is 19.9. The zero-order valence-corrected chi connectivity index (χ0v) is 33.8. The molecule has 0 saturated carbocycles. The predicted octanol–water partition coefficient (Wildman–Crippen LogP) is 8.47. The largest absolute Gasteiger partial charge is 0.510 e. The molecule has 11 nitrogen and oxygen atoms in total. The molecule has 6 aliphatic rings. The van der Waals surface area contributed by atoms with Gasteiger partial charge in [0.2, 0.25) is 0 Å². The first-order chi connectivity index (χ1) is 27.0. The molecule has 1 fully saturated rings. The highest BCUT2D eigenvalue weighted by molar-refractivity contribution is 6.24. The van der Waals surface area contributed by atoms with Gasteiger partial charge in [-0.25, -0.2) is 15.0 Å². The van der Waals surface area contributed by atoms with Crippen molar-refractivity contribution in [2.24, 2.45) is 32.7 Å². The lowest BCUT2D eigenvalue weighted by Gasteiger charge is -2.20. The predicted molar refractivity (Wildman–Crippen MR) is 218 cm³/mol. The van der Waals surface area contributed by atoms with Crippen LogP contribution in [0.4, 0.5) is 0 Å². The monoisotopic (exact) mass is 762 g/mol. The summed E-state index contributed by atoms with van der Waals surface area (Å²) in [6.07, 6.45) is 15.7. The van der Waals surface area contributed by atoms with Crippen molar-refractivity contribution in [3.8, 4) is 0 Å². The van der Waals surface area contributed by atoms with Gasteiger partial charge in [0, 0.05) is 58.4 Å². The molecule has 2 N–H and O–H groups in total. The third-order valence-electron chi connectivity index (χ3n) is 11.7. The highest BCUT2D eigenvalue weighted by Crippen LogP contribution is 2.49. The van der Waals surface area contributed by atoms with Gasteiger partial charge < -0.3 is 24.6 Å². The Morgan fingerprint density at radius 1 is 0.875 bits per heavy atom. The minimum Gasteiger partial charge on any atom is -0.510 e. The number of nitrogens with zero attached hydrogens (tertiary/aromatic N) is 3. The summed E-state index contributed by atoms with van der Waals surface area (Å²) in [4.78, 5) is 54.2. The van der Waals surface area contributed by atoms with Crippen LogP contribution in [0.5, 0.6) is 0 Å². The zero-order chi connectivity index (χ0) is 40.3. The lowest BCUT2D eigenvalue weighted by molar-refractivity contribution is -0.144. The van der Waals surface area contributed by atoms with E-state index in [4.69, 9.17) is 29.2 Å². The second-order valence-electron chi connectivity index (χ2n) is 15.0. The fourth-order valence-corrected chi connectivity index (χ4v) is 8.46. The normalized spacial score (nSPS) is 22.5. The van der Waals surface area contributed by atoms with Gasteiger partial charge in [-0.1, -0.05) is 65.5 Å². The van der Waals surface area contributed by atoms with Gasteiger partial charge in [0.1, 0.15) is 18.3 Å². The Labute approximate surface area is 329 Å². The van der Waals surface area contributed by atoms with Gasteiger partial charge in [-0.2, -0.15) is 0 Å². The summed E-state index contributed by atoms with van der Waals surface area (Å²) in [5, 5.41) is 15.4. The third-order valence-corrected chi connectivity index (χ3v) is 11.7.